The van der Waals surface area contributed by atoms with Gasteiger partial charge in [0.15, 0.2) is 0 Å². The average Bonchev–Trinajstić information content (AvgIpc) is 2.18. The molecule has 0 aliphatic heterocycles. The first kappa shape index (κ1) is 9.79. The minimum atomic E-state index is 0.566. The van der Waals surface area contributed by atoms with Crippen LogP contribution >= 0.6 is 0 Å². The number of rotatable bonds is 4. The van der Waals surface area contributed by atoms with Crippen LogP contribution < -0.4 is 0 Å². The summed E-state index contributed by atoms with van der Waals surface area (Å²) in [6.45, 7) is 9.68. The van der Waals surface area contributed by atoms with Gasteiger partial charge >= 0.3 is 0 Å². The summed E-state index contributed by atoms with van der Waals surface area (Å²) < 4.78 is 0. The maximum absolute atomic E-state index is 3.74. The highest BCUT2D eigenvalue weighted by molar-refractivity contribution is 5.47. The van der Waals surface area contributed by atoms with Crippen LogP contribution in [0.15, 0.2) is 43.5 Å². The molecule has 0 aliphatic carbocycles. The quantitative estimate of drug-likeness (QED) is 0.602. The number of hydrogen-bond donors (Lipinski definition) is 0. The summed E-state index contributed by atoms with van der Waals surface area (Å²) in [6.07, 6.45) is 4.86. The van der Waals surface area contributed by atoms with Crippen molar-refractivity contribution < 1.29 is 0 Å². The zero-order valence-corrected chi connectivity index (χ0v) is 8.16. The molecule has 0 aromatic heterocycles. The van der Waals surface area contributed by atoms with Gasteiger partial charge in [-0.05, 0) is 23.5 Å². The van der Waals surface area contributed by atoms with Crippen molar-refractivity contribution in [2.45, 2.75) is 19.3 Å². The normalized spacial score (nSPS) is 12.1. The lowest BCUT2D eigenvalue weighted by atomic mass is 9.97. The standard InChI is InChI=1S/C13H16/c1-4-6-11(3)13-9-7-12(5-2)8-10-13/h4-5,7-11H,1-2,6H2,3H3. The smallest absolute Gasteiger partial charge is 0.0156 e. The van der Waals surface area contributed by atoms with Crippen LogP contribution in [0.25, 0.3) is 6.08 Å². The molecule has 0 fully saturated rings. The first-order valence-electron chi connectivity index (χ1n) is 4.61. The molecule has 1 aromatic carbocycles. The summed E-state index contributed by atoms with van der Waals surface area (Å²) in [5, 5.41) is 0. The Morgan fingerprint density at radius 2 is 1.85 bits per heavy atom. The van der Waals surface area contributed by atoms with Crippen LogP contribution in [0.4, 0.5) is 0 Å². The predicted molar refractivity (Wildman–Crippen MR) is 59.8 cm³/mol. The lowest BCUT2D eigenvalue weighted by Gasteiger charge is -2.08. The summed E-state index contributed by atoms with van der Waals surface area (Å²) in [5.74, 6) is 0.566. The fourth-order valence-electron chi connectivity index (χ4n) is 1.35. The van der Waals surface area contributed by atoms with Crippen molar-refractivity contribution in [3.8, 4) is 0 Å². The van der Waals surface area contributed by atoms with Gasteiger partial charge in [-0.25, -0.2) is 0 Å². The molecule has 0 N–H and O–H groups in total. The van der Waals surface area contributed by atoms with E-state index in [1.807, 2.05) is 12.2 Å². The molecule has 0 amide bonds. The maximum Gasteiger partial charge on any atom is -0.0156 e. The Hall–Kier alpha value is -1.30. The van der Waals surface area contributed by atoms with E-state index in [1.165, 1.54) is 11.1 Å². The van der Waals surface area contributed by atoms with Gasteiger partial charge in [0.2, 0.25) is 0 Å². The second-order valence-electron chi connectivity index (χ2n) is 3.30. The van der Waals surface area contributed by atoms with Crippen LogP contribution in [0.1, 0.15) is 30.4 Å². The van der Waals surface area contributed by atoms with Gasteiger partial charge in [0.05, 0.1) is 0 Å². The molecule has 0 saturated carbocycles. The van der Waals surface area contributed by atoms with Crippen LogP contribution in [0.2, 0.25) is 0 Å². The van der Waals surface area contributed by atoms with Crippen LogP contribution in [-0.2, 0) is 0 Å². The average molecular weight is 172 g/mol. The third-order valence-corrected chi connectivity index (χ3v) is 2.26. The minimum Gasteiger partial charge on any atom is -0.103 e. The zero-order chi connectivity index (χ0) is 9.68. The lowest BCUT2D eigenvalue weighted by molar-refractivity contribution is 0.782. The van der Waals surface area contributed by atoms with Gasteiger partial charge in [0, 0.05) is 0 Å². The van der Waals surface area contributed by atoms with Gasteiger partial charge in [0.1, 0.15) is 0 Å². The topological polar surface area (TPSA) is 0 Å². The summed E-state index contributed by atoms with van der Waals surface area (Å²) in [5.41, 5.74) is 2.54. The van der Waals surface area contributed by atoms with E-state index in [-0.39, 0.29) is 0 Å². The lowest BCUT2D eigenvalue weighted by Crippen LogP contribution is -1.90. The van der Waals surface area contributed by atoms with Crippen molar-refractivity contribution >= 4 is 6.08 Å². The Morgan fingerprint density at radius 1 is 1.23 bits per heavy atom. The van der Waals surface area contributed by atoms with Gasteiger partial charge in [-0.1, -0.05) is 49.9 Å². The van der Waals surface area contributed by atoms with E-state index in [1.54, 1.807) is 0 Å². The van der Waals surface area contributed by atoms with E-state index in [4.69, 9.17) is 0 Å². The van der Waals surface area contributed by atoms with Gasteiger partial charge in [-0.3, -0.25) is 0 Å². The Kier molecular flexibility index (Phi) is 3.51. The van der Waals surface area contributed by atoms with Gasteiger partial charge < -0.3 is 0 Å². The largest absolute Gasteiger partial charge is 0.103 e. The highest BCUT2D eigenvalue weighted by atomic mass is 14.1. The molecular formula is C13H16. The molecule has 0 heterocycles. The number of benzene rings is 1. The molecule has 1 aromatic rings. The Morgan fingerprint density at radius 3 is 2.31 bits per heavy atom. The molecule has 0 aliphatic rings. The maximum atomic E-state index is 3.74. The molecule has 0 spiro atoms. The first-order valence-corrected chi connectivity index (χ1v) is 4.61. The number of hydrogen-bond acceptors (Lipinski definition) is 0. The van der Waals surface area contributed by atoms with Crippen molar-refractivity contribution in [3.05, 3.63) is 54.6 Å². The van der Waals surface area contributed by atoms with E-state index in [0.717, 1.165) is 6.42 Å². The van der Waals surface area contributed by atoms with Crippen molar-refractivity contribution in [2.75, 3.05) is 0 Å². The third-order valence-electron chi connectivity index (χ3n) is 2.26. The van der Waals surface area contributed by atoms with Crippen LogP contribution in [0.3, 0.4) is 0 Å². The van der Waals surface area contributed by atoms with Crippen LogP contribution in [-0.4, -0.2) is 0 Å². The van der Waals surface area contributed by atoms with E-state index >= 15 is 0 Å². The molecule has 1 unspecified atom stereocenters. The zero-order valence-electron chi connectivity index (χ0n) is 8.16. The Labute approximate surface area is 80.6 Å². The molecule has 13 heavy (non-hydrogen) atoms. The van der Waals surface area contributed by atoms with E-state index < -0.39 is 0 Å². The van der Waals surface area contributed by atoms with E-state index in [2.05, 4.69) is 44.3 Å². The van der Waals surface area contributed by atoms with Crippen LogP contribution in [0, 0.1) is 0 Å². The molecule has 68 valence electrons. The first-order chi connectivity index (χ1) is 6.27. The molecule has 1 rings (SSSR count). The van der Waals surface area contributed by atoms with Crippen molar-refractivity contribution in [3.63, 3.8) is 0 Å². The fourth-order valence-corrected chi connectivity index (χ4v) is 1.35. The molecule has 0 radical (unpaired) electrons. The summed E-state index contributed by atoms with van der Waals surface area (Å²) in [7, 11) is 0. The SMILES string of the molecule is C=CCC(C)c1ccc(C=C)cc1. The second kappa shape index (κ2) is 4.66. The summed E-state index contributed by atoms with van der Waals surface area (Å²) in [6, 6.07) is 8.51. The number of allylic oxidation sites excluding steroid dienone is 1. The van der Waals surface area contributed by atoms with Gasteiger partial charge in [-0.15, -0.1) is 6.58 Å². The molecule has 0 heteroatoms. The van der Waals surface area contributed by atoms with Crippen LogP contribution in [0.5, 0.6) is 0 Å². The van der Waals surface area contributed by atoms with Crippen molar-refractivity contribution in [2.24, 2.45) is 0 Å². The Bertz CT molecular complexity index is 279. The highest BCUT2D eigenvalue weighted by Crippen LogP contribution is 2.19. The fraction of sp³-hybridized carbons (Fsp3) is 0.231. The predicted octanol–water partition coefficient (Wildman–Crippen LogP) is 4.01. The summed E-state index contributed by atoms with van der Waals surface area (Å²) in [4.78, 5) is 0. The Balaban J connectivity index is 2.78. The van der Waals surface area contributed by atoms with Crippen molar-refractivity contribution in [1.29, 1.82) is 0 Å². The minimum absolute atomic E-state index is 0.566. The molecule has 0 saturated heterocycles. The van der Waals surface area contributed by atoms with Gasteiger partial charge in [-0.2, -0.15) is 0 Å². The molecule has 1 atom stereocenters. The van der Waals surface area contributed by atoms with Gasteiger partial charge in [0.25, 0.3) is 0 Å². The highest BCUT2D eigenvalue weighted by Gasteiger charge is 2.01. The molecule has 0 nitrogen and oxygen atoms in total. The van der Waals surface area contributed by atoms with E-state index in [9.17, 15) is 0 Å². The van der Waals surface area contributed by atoms with E-state index in [0.29, 0.717) is 5.92 Å². The molecule has 0 bridgehead atoms. The molecular weight excluding hydrogens is 156 g/mol. The van der Waals surface area contributed by atoms with Crippen molar-refractivity contribution in [1.82, 2.24) is 0 Å². The third kappa shape index (κ3) is 2.59. The monoisotopic (exact) mass is 172 g/mol. The second-order valence-corrected chi connectivity index (χ2v) is 3.30. The summed E-state index contributed by atoms with van der Waals surface area (Å²) >= 11 is 0.